The number of ether oxygens (including phenoxy) is 2. The fourth-order valence-corrected chi connectivity index (χ4v) is 4.55. The smallest absolute Gasteiger partial charge is 0.251 e. The zero-order valence-corrected chi connectivity index (χ0v) is 17.3. The molecule has 4 rings (SSSR count). The van der Waals surface area contributed by atoms with Gasteiger partial charge in [-0.15, -0.1) is 0 Å². The molecule has 2 atom stereocenters. The zero-order valence-electron chi connectivity index (χ0n) is 17.3. The van der Waals surface area contributed by atoms with Crippen molar-refractivity contribution < 1.29 is 19.1 Å². The molecule has 2 amide bonds. The molecule has 0 radical (unpaired) electrons. The van der Waals surface area contributed by atoms with Crippen LogP contribution in [0.1, 0.15) is 24.8 Å². The number of nitrogens with zero attached hydrogens (tertiary/aromatic N) is 1. The number of benzene rings is 2. The summed E-state index contributed by atoms with van der Waals surface area (Å²) in [6.07, 6.45) is 2.39. The highest BCUT2D eigenvalue weighted by Gasteiger charge is 2.46. The Morgan fingerprint density at radius 1 is 1.20 bits per heavy atom. The van der Waals surface area contributed by atoms with Crippen LogP contribution in [0.25, 0.3) is 11.1 Å². The summed E-state index contributed by atoms with van der Waals surface area (Å²) in [6, 6.07) is 16.0. The summed E-state index contributed by atoms with van der Waals surface area (Å²) in [4.78, 5) is 26.9. The minimum absolute atomic E-state index is 0.0119. The first-order valence-corrected chi connectivity index (χ1v) is 10.4. The summed E-state index contributed by atoms with van der Waals surface area (Å²) in [7, 11) is 1.66. The largest absolute Gasteiger partial charge is 0.496 e. The molecule has 2 heterocycles. The molecule has 2 aromatic rings. The van der Waals surface area contributed by atoms with Crippen molar-refractivity contribution >= 4 is 11.8 Å². The van der Waals surface area contributed by atoms with E-state index < -0.39 is 5.41 Å². The Labute approximate surface area is 177 Å². The van der Waals surface area contributed by atoms with Gasteiger partial charge in [-0.3, -0.25) is 9.59 Å². The molecule has 30 heavy (non-hydrogen) atoms. The summed E-state index contributed by atoms with van der Waals surface area (Å²) < 4.78 is 11.0. The van der Waals surface area contributed by atoms with Crippen LogP contribution in [0.15, 0.2) is 48.5 Å². The van der Waals surface area contributed by atoms with Crippen LogP contribution in [0.4, 0.5) is 0 Å². The Kier molecular flexibility index (Phi) is 5.77. The Hall–Kier alpha value is -2.86. The predicted octanol–water partition coefficient (Wildman–Crippen LogP) is 2.79. The van der Waals surface area contributed by atoms with E-state index in [9.17, 15) is 9.59 Å². The molecule has 0 aliphatic carbocycles. The molecule has 0 bridgehead atoms. The number of primary amides is 1. The van der Waals surface area contributed by atoms with E-state index in [0.29, 0.717) is 32.5 Å². The van der Waals surface area contributed by atoms with Gasteiger partial charge in [0.05, 0.1) is 12.5 Å². The highest BCUT2D eigenvalue weighted by atomic mass is 16.5. The van der Waals surface area contributed by atoms with Crippen LogP contribution in [0.5, 0.6) is 5.75 Å². The van der Waals surface area contributed by atoms with Crippen molar-refractivity contribution in [2.24, 2.45) is 11.1 Å². The Balaban J connectivity index is 1.50. The van der Waals surface area contributed by atoms with E-state index in [4.69, 9.17) is 15.2 Å². The molecule has 0 unspecified atom stereocenters. The van der Waals surface area contributed by atoms with E-state index in [1.54, 1.807) is 12.0 Å². The van der Waals surface area contributed by atoms with E-state index >= 15 is 0 Å². The van der Waals surface area contributed by atoms with Gasteiger partial charge in [0.2, 0.25) is 5.91 Å². The second-order valence-corrected chi connectivity index (χ2v) is 8.23. The lowest BCUT2D eigenvalue weighted by Crippen LogP contribution is -2.44. The first-order chi connectivity index (χ1) is 14.5. The van der Waals surface area contributed by atoms with Crippen LogP contribution in [0, 0.1) is 5.41 Å². The van der Waals surface area contributed by atoms with Crippen LogP contribution >= 0.6 is 0 Å². The van der Waals surface area contributed by atoms with Gasteiger partial charge in [-0.25, -0.2) is 0 Å². The molecular formula is C24H28N2O4. The van der Waals surface area contributed by atoms with Crippen molar-refractivity contribution in [2.45, 2.75) is 31.8 Å². The summed E-state index contributed by atoms with van der Waals surface area (Å²) in [5, 5.41) is 0. The van der Waals surface area contributed by atoms with Crippen molar-refractivity contribution in [1.82, 2.24) is 4.90 Å². The fraction of sp³-hybridized carbons (Fsp3) is 0.417. The number of carbonyl (C=O) groups excluding carboxylic acids is 2. The van der Waals surface area contributed by atoms with Gasteiger partial charge in [0.1, 0.15) is 11.9 Å². The molecule has 6 heteroatoms. The average Bonchev–Trinajstić information content (AvgIpc) is 3.45. The predicted molar refractivity (Wildman–Crippen MR) is 114 cm³/mol. The van der Waals surface area contributed by atoms with Crippen LogP contribution in [0.2, 0.25) is 0 Å². The Morgan fingerprint density at radius 3 is 2.63 bits per heavy atom. The maximum absolute atomic E-state index is 12.7. The molecule has 2 aliphatic rings. The summed E-state index contributed by atoms with van der Waals surface area (Å²) in [6.45, 7) is 1.53. The Bertz CT molecular complexity index is 921. The van der Waals surface area contributed by atoms with Gasteiger partial charge in [-0.1, -0.05) is 42.5 Å². The second kappa shape index (κ2) is 8.48. The maximum Gasteiger partial charge on any atom is 0.251 e. The molecule has 2 saturated heterocycles. The molecule has 6 nitrogen and oxygen atoms in total. The second-order valence-electron chi connectivity index (χ2n) is 8.23. The van der Waals surface area contributed by atoms with Crippen molar-refractivity contribution in [2.75, 3.05) is 26.8 Å². The molecule has 2 aliphatic heterocycles. The molecule has 0 aromatic heterocycles. The van der Waals surface area contributed by atoms with Gasteiger partial charge in [0.25, 0.3) is 5.91 Å². The molecule has 158 valence electrons. The quantitative estimate of drug-likeness (QED) is 0.797. The number of rotatable bonds is 6. The number of carbonyl (C=O) groups is 2. The van der Waals surface area contributed by atoms with Crippen LogP contribution in [-0.4, -0.2) is 49.6 Å². The average molecular weight is 408 g/mol. The van der Waals surface area contributed by atoms with Crippen molar-refractivity contribution in [1.29, 1.82) is 0 Å². The minimum Gasteiger partial charge on any atom is -0.496 e. The summed E-state index contributed by atoms with van der Waals surface area (Å²) >= 11 is 0. The van der Waals surface area contributed by atoms with Gasteiger partial charge >= 0.3 is 0 Å². The molecule has 2 fully saturated rings. The third-order valence-corrected chi connectivity index (χ3v) is 6.31. The lowest BCUT2D eigenvalue weighted by atomic mass is 9.80. The number of nitrogens with two attached hydrogens (primary N) is 1. The molecule has 2 N–H and O–H groups in total. The van der Waals surface area contributed by atoms with Gasteiger partial charge in [0, 0.05) is 25.3 Å². The van der Waals surface area contributed by atoms with Crippen molar-refractivity contribution in [3.63, 3.8) is 0 Å². The monoisotopic (exact) mass is 408 g/mol. The molecule has 0 saturated carbocycles. The first-order valence-electron chi connectivity index (χ1n) is 10.4. The number of hydrogen-bond acceptors (Lipinski definition) is 4. The topological polar surface area (TPSA) is 81.9 Å². The van der Waals surface area contributed by atoms with Gasteiger partial charge < -0.3 is 20.1 Å². The number of likely N-dealkylation sites (tertiary alicyclic amines) is 1. The lowest BCUT2D eigenvalue weighted by molar-refractivity contribution is -0.140. The van der Waals surface area contributed by atoms with Gasteiger partial charge in [0.15, 0.2) is 0 Å². The maximum atomic E-state index is 12.7. The SMILES string of the molecule is COc1ccccc1-c1ccc(C[C@]2(C(N)=O)CCN(C(=O)[C@H]3CCCO3)C2)cc1. The molecule has 0 spiro atoms. The summed E-state index contributed by atoms with van der Waals surface area (Å²) in [5.41, 5.74) is 8.19. The van der Waals surface area contributed by atoms with E-state index in [1.165, 1.54) is 0 Å². The standard InChI is InChI=1S/C24H28N2O4/c1-29-20-6-3-2-5-19(20)18-10-8-17(9-11-18)15-24(23(25)28)12-13-26(16-24)22(27)21-7-4-14-30-21/h2-3,5-6,8-11,21H,4,7,12-16H2,1H3,(H2,25,28)/t21-,24-/m1/s1. The van der Waals surface area contributed by atoms with Gasteiger partial charge in [-0.05, 0) is 42.9 Å². The highest BCUT2D eigenvalue weighted by Crippen LogP contribution is 2.36. The molecule has 2 aromatic carbocycles. The lowest BCUT2D eigenvalue weighted by Gasteiger charge is -2.27. The fourth-order valence-electron chi connectivity index (χ4n) is 4.55. The van der Waals surface area contributed by atoms with E-state index in [1.807, 2.05) is 48.5 Å². The van der Waals surface area contributed by atoms with Crippen molar-refractivity contribution in [3.8, 4) is 16.9 Å². The van der Waals surface area contributed by atoms with E-state index in [0.717, 1.165) is 35.3 Å². The minimum atomic E-state index is -0.736. The number of hydrogen-bond donors (Lipinski definition) is 1. The summed E-state index contributed by atoms with van der Waals surface area (Å²) in [5.74, 6) is 0.457. The first kappa shape index (κ1) is 20.4. The van der Waals surface area contributed by atoms with Crippen LogP contribution in [0.3, 0.4) is 0 Å². The van der Waals surface area contributed by atoms with Crippen LogP contribution in [-0.2, 0) is 20.7 Å². The normalized spacial score (nSPS) is 23.5. The number of methoxy groups -OCH3 is 1. The van der Waals surface area contributed by atoms with Gasteiger partial charge in [-0.2, -0.15) is 0 Å². The highest BCUT2D eigenvalue weighted by molar-refractivity contribution is 5.86. The van der Waals surface area contributed by atoms with E-state index in [-0.39, 0.29) is 17.9 Å². The number of para-hydroxylation sites is 1. The number of amides is 2. The third kappa shape index (κ3) is 3.92. The van der Waals surface area contributed by atoms with E-state index in [2.05, 4.69) is 0 Å². The third-order valence-electron chi connectivity index (χ3n) is 6.31. The van der Waals surface area contributed by atoms with Crippen LogP contribution < -0.4 is 10.5 Å². The zero-order chi connectivity index (χ0) is 21.1. The molecular weight excluding hydrogens is 380 g/mol. The Morgan fingerprint density at radius 2 is 1.97 bits per heavy atom. The van der Waals surface area contributed by atoms with Crippen molar-refractivity contribution in [3.05, 3.63) is 54.1 Å².